The molecular weight excluding hydrogens is 1230 g/mol. The molecule has 10 atom stereocenters. The van der Waals surface area contributed by atoms with Crippen LogP contribution < -0.4 is 37.6 Å². The Morgan fingerprint density at radius 1 is 0.719 bits per heavy atom. The lowest BCUT2D eigenvalue weighted by Crippen LogP contribution is -2.60. The van der Waals surface area contributed by atoms with Crippen LogP contribution in [0.5, 0.6) is 0 Å². The maximum atomic E-state index is 14.8. The SMILES string of the molecule is CC[C@H](C)[C@@H]([C@@H](CC(=O)N1CCC[C@H]1[C@H](OC)[C@@H](C)C(=O)NCCc1cccc2cccnc12)OC)N(C)C(=O)[C@@H](NC(=O)[C@H](C(C)C)N(C)C(=O)OCc1ccc(NC(=O)[C@H](CCCNC(N)=O)NC(=O)[C@@H](NC(=O)CCCCCN2C(=O)C=CC2=O)C(C)C)cc1)C(C)C. The number of carbonyl (C=O) groups is 11. The van der Waals surface area contributed by atoms with Crippen LogP contribution in [0.25, 0.3) is 10.9 Å². The molecule has 1 saturated heterocycles. The Morgan fingerprint density at radius 2 is 1.40 bits per heavy atom. The summed E-state index contributed by atoms with van der Waals surface area (Å²) in [4.78, 5) is 157. The second kappa shape index (κ2) is 38.3. The first-order valence-electron chi connectivity index (χ1n) is 33.6. The van der Waals surface area contributed by atoms with E-state index in [0.717, 1.165) is 21.4 Å². The minimum absolute atomic E-state index is 0.0658. The van der Waals surface area contributed by atoms with Gasteiger partial charge >= 0.3 is 12.1 Å². The summed E-state index contributed by atoms with van der Waals surface area (Å²) < 4.78 is 17.8. The van der Waals surface area contributed by atoms with E-state index in [9.17, 15) is 52.7 Å². The van der Waals surface area contributed by atoms with Crippen molar-refractivity contribution in [2.45, 2.75) is 188 Å². The summed E-state index contributed by atoms with van der Waals surface area (Å²) in [7, 11) is 6.16. The van der Waals surface area contributed by atoms with E-state index in [2.05, 4.69) is 36.9 Å². The first kappa shape index (κ1) is 78.2. The highest BCUT2D eigenvalue weighted by atomic mass is 16.6. The van der Waals surface area contributed by atoms with Crippen LogP contribution in [0.15, 0.2) is 72.9 Å². The normalized spacial score (nSPS) is 16.6. The van der Waals surface area contributed by atoms with Gasteiger partial charge in [0, 0.05) is 90.3 Å². The number of anilines is 1. The van der Waals surface area contributed by atoms with Crippen LogP contribution in [-0.4, -0.2) is 193 Å². The monoisotopic (exact) mass is 1340 g/mol. The van der Waals surface area contributed by atoms with Gasteiger partial charge in [-0.05, 0) is 97.9 Å². The molecule has 8 N–H and O–H groups in total. The third-order valence-electron chi connectivity index (χ3n) is 18.1. The number of nitrogens with zero attached hydrogens (tertiary/aromatic N) is 5. The van der Waals surface area contributed by atoms with Crippen molar-refractivity contribution >= 4 is 81.9 Å². The lowest BCUT2D eigenvalue weighted by Gasteiger charge is -2.41. The van der Waals surface area contributed by atoms with E-state index in [-0.39, 0.29) is 92.8 Å². The van der Waals surface area contributed by atoms with Gasteiger partial charge in [-0.2, -0.15) is 0 Å². The molecule has 0 spiro atoms. The van der Waals surface area contributed by atoms with Crippen LogP contribution in [0, 0.1) is 29.6 Å². The molecule has 0 bridgehead atoms. The van der Waals surface area contributed by atoms with Crippen LogP contribution >= 0.6 is 0 Å². The first-order chi connectivity index (χ1) is 45.6. The third-order valence-corrected chi connectivity index (χ3v) is 18.1. The quantitative estimate of drug-likeness (QED) is 0.0265. The van der Waals surface area contributed by atoms with Crippen LogP contribution in [0.3, 0.4) is 0 Å². The fraction of sp³-hybridized carbons (Fsp3) is 0.600. The van der Waals surface area contributed by atoms with E-state index in [1.807, 2.05) is 65.0 Å². The van der Waals surface area contributed by atoms with Gasteiger partial charge in [0.05, 0.1) is 42.1 Å². The molecule has 26 nitrogen and oxygen atoms in total. The number of fused-ring (bicyclic) bond motifs is 1. The number of pyridine rings is 1. The van der Waals surface area contributed by atoms with Crippen molar-refractivity contribution < 1.29 is 67.0 Å². The number of methoxy groups -OCH3 is 2. The molecule has 1 fully saturated rings. The van der Waals surface area contributed by atoms with Gasteiger partial charge in [0.1, 0.15) is 30.8 Å². The molecule has 0 radical (unpaired) electrons. The van der Waals surface area contributed by atoms with Gasteiger partial charge in [-0.3, -0.25) is 57.9 Å². The zero-order valence-electron chi connectivity index (χ0n) is 58.3. The molecule has 2 aliphatic heterocycles. The Morgan fingerprint density at radius 3 is 2.02 bits per heavy atom. The van der Waals surface area contributed by atoms with Crippen molar-refractivity contribution in [2.75, 3.05) is 59.8 Å². The van der Waals surface area contributed by atoms with Gasteiger partial charge in [0.15, 0.2) is 0 Å². The number of para-hydroxylation sites is 1. The van der Waals surface area contributed by atoms with Gasteiger partial charge in [0.25, 0.3) is 11.8 Å². The number of hydrogen-bond acceptors (Lipinski definition) is 15. The Bertz CT molecular complexity index is 3160. The highest BCUT2D eigenvalue weighted by molar-refractivity contribution is 6.12. The van der Waals surface area contributed by atoms with E-state index >= 15 is 0 Å². The molecular formula is C70H104N12O14. The van der Waals surface area contributed by atoms with Crippen molar-refractivity contribution in [3.05, 3.63) is 84.1 Å². The van der Waals surface area contributed by atoms with Crippen LogP contribution in [0.4, 0.5) is 15.3 Å². The first-order valence-corrected chi connectivity index (χ1v) is 33.6. The number of likely N-dealkylation sites (N-methyl/N-ethyl adjacent to an activating group) is 2. The predicted octanol–water partition coefficient (Wildman–Crippen LogP) is 5.75. The summed E-state index contributed by atoms with van der Waals surface area (Å²) in [6, 6.07) is 10.3. The number of unbranched alkanes of at least 4 members (excludes halogenated alkanes) is 2. The van der Waals surface area contributed by atoms with Crippen molar-refractivity contribution in [1.29, 1.82) is 0 Å². The number of primary amides is 1. The number of rotatable bonds is 38. The minimum Gasteiger partial charge on any atom is -0.445 e. The Hall–Kier alpha value is -8.52. The summed E-state index contributed by atoms with van der Waals surface area (Å²) in [5, 5.41) is 17.8. The Kier molecular flexibility index (Phi) is 31.2. The van der Waals surface area contributed by atoms with Gasteiger partial charge in [-0.15, -0.1) is 0 Å². The maximum Gasteiger partial charge on any atom is 0.410 e. The number of likely N-dealkylation sites (tertiary alicyclic amines) is 1. The summed E-state index contributed by atoms with van der Waals surface area (Å²) in [6.07, 6.45) is 6.45. The highest BCUT2D eigenvalue weighted by Crippen LogP contribution is 2.30. The summed E-state index contributed by atoms with van der Waals surface area (Å²) in [6.45, 7) is 17.4. The fourth-order valence-electron chi connectivity index (χ4n) is 12.5. The van der Waals surface area contributed by atoms with E-state index in [1.165, 1.54) is 31.2 Å². The zero-order valence-corrected chi connectivity index (χ0v) is 58.3. The van der Waals surface area contributed by atoms with Crippen LogP contribution in [0.2, 0.25) is 0 Å². The molecule has 3 heterocycles. The molecule has 12 amide bonds. The Labute approximate surface area is 565 Å². The highest BCUT2D eigenvalue weighted by Gasteiger charge is 2.44. The van der Waals surface area contributed by atoms with Crippen molar-refractivity contribution in [3.8, 4) is 0 Å². The smallest absolute Gasteiger partial charge is 0.410 e. The topological polar surface area (TPSA) is 340 Å². The number of aromatic nitrogens is 1. The van der Waals surface area contributed by atoms with Gasteiger partial charge in [-0.1, -0.05) is 112 Å². The van der Waals surface area contributed by atoms with Crippen LogP contribution in [0.1, 0.15) is 138 Å². The van der Waals surface area contributed by atoms with Gasteiger partial charge < -0.3 is 61.6 Å². The lowest BCUT2D eigenvalue weighted by molar-refractivity contribution is -0.148. The molecule has 0 unspecified atom stereocenters. The largest absolute Gasteiger partial charge is 0.445 e. The number of nitrogens with two attached hydrogens (primary N) is 1. The number of carbonyl (C=O) groups excluding carboxylic acids is 11. The summed E-state index contributed by atoms with van der Waals surface area (Å²) >= 11 is 0. The lowest BCUT2D eigenvalue weighted by atomic mass is 9.89. The average molecular weight is 1340 g/mol. The second-order valence-corrected chi connectivity index (χ2v) is 26.1. The van der Waals surface area contributed by atoms with Crippen LogP contribution in [-0.2, 0) is 70.4 Å². The van der Waals surface area contributed by atoms with Crippen molar-refractivity contribution in [2.24, 2.45) is 35.3 Å². The van der Waals surface area contributed by atoms with E-state index in [1.54, 1.807) is 82.1 Å². The zero-order chi connectivity index (χ0) is 70.9. The molecule has 0 aliphatic carbocycles. The number of nitrogens with one attached hydrogen (secondary N) is 6. The molecule has 26 heteroatoms. The average Bonchev–Trinajstić information content (AvgIpc) is 1.83. The number of amides is 12. The number of hydrogen-bond donors (Lipinski definition) is 7. The molecule has 96 heavy (non-hydrogen) atoms. The predicted molar refractivity (Wildman–Crippen MR) is 363 cm³/mol. The van der Waals surface area contributed by atoms with Crippen molar-refractivity contribution in [1.82, 2.24) is 51.2 Å². The molecule has 3 aromatic rings. The van der Waals surface area contributed by atoms with Gasteiger partial charge in [-0.25, -0.2) is 9.59 Å². The molecule has 0 saturated carbocycles. The molecule has 2 aliphatic rings. The standard InChI is InChI=1S/C70H104N12O14/c1-14-45(8)62(53(94-12)40-57(86)81-39-21-26-52(81)63(95-13)46(9)64(87)73-37-34-49-23-18-22-48-24-19-35-72-60(48)49)79(10)68(91)59(43(4)5)78-67(90)61(44(6)7)80(11)70(93)96-41-47-28-30-50(31-29-47)75-65(88)51(25-20-36-74-69(71)92)76-66(89)58(42(2)3)77-54(83)27-16-15-17-38-82-55(84)32-33-56(82)85/h18-19,22-24,28-33,35,42-46,51-53,58-59,61-63H,14-17,20-21,25-27,34,36-41H2,1-13H3,(H,73,87)(H,75,88)(H,76,89)(H,77,83)(H,78,90)(H3,71,74,92)/t45-,46+,51-,52-,53+,58-,59-,61-,62-,63+/m0/s1. The Balaban J connectivity index is 1.16. The van der Waals surface area contributed by atoms with Gasteiger partial charge in [0.2, 0.25) is 41.4 Å². The van der Waals surface area contributed by atoms with E-state index in [4.69, 9.17) is 19.9 Å². The van der Waals surface area contributed by atoms with Crippen molar-refractivity contribution in [3.63, 3.8) is 0 Å². The molecule has 2 aromatic carbocycles. The number of urea groups is 1. The van der Waals surface area contributed by atoms with E-state index in [0.29, 0.717) is 69.3 Å². The third kappa shape index (κ3) is 22.3. The number of imide groups is 1. The maximum absolute atomic E-state index is 14.8. The minimum atomic E-state index is -1.11. The number of benzene rings is 2. The molecule has 1 aromatic heterocycles. The van der Waals surface area contributed by atoms with E-state index < -0.39 is 95.9 Å². The summed E-state index contributed by atoms with van der Waals surface area (Å²) in [5.74, 6) is -5.68. The fourth-order valence-corrected chi connectivity index (χ4v) is 12.5. The molecule has 5 rings (SSSR count). The number of ether oxygens (including phenoxy) is 3. The second-order valence-electron chi connectivity index (χ2n) is 26.1. The molecule has 528 valence electrons. The summed E-state index contributed by atoms with van der Waals surface area (Å²) in [5.41, 5.74) is 8.04.